The van der Waals surface area contributed by atoms with Crippen LogP contribution in [0.15, 0.2) is 0 Å². The van der Waals surface area contributed by atoms with Crippen molar-refractivity contribution in [1.82, 2.24) is 10.2 Å². The molecular formula is C10H19N3O2S. The third kappa shape index (κ3) is 3.68. The van der Waals surface area contributed by atoms with Crippen molar-refractivity contribution in [1.29, 1.82) is 0 Å². The van der Waals surface area contributed by atoms with Crippen LogP contribution in [0.25, 0.3) is 0 Å². The van der Waals surface area contributed by atoms with E-state index in [0.29, 0.717) is 11.8 Å². The van der Waals surface area contributed by atoms with E-state index in [4.69, 9.17) is 5.73 Å². The van der Waals surface area contributed by atoms with Gasteiger partial charge in [0.25, 0.3) is 0 Å². The minimum absolute atomic E-state index is 0.0899. The molecule has 92 valence electrons. The zero-order valence-corrected chi connectivity index (χ0v) is 10.5. The predicted octanol–water partition coefficient (Wildman–Crippen LogP) is -0.586. The van der Waals surface area contributed by atoms with Gasteiger partial charge in [-0.2, -0.15) is 0 Å². The van der Waals surface area contributed by atoms with E-state index in [-0.39, 0.29) is 23.6 Å². The number of carbonyl (C=O) groups is 2. The molecular weight excluding hydrogens is 226 g/mol. The maximum Gasteiger partial charge on any atom is 0.232 e. The van der Waals surface area contributed by atoms with Gasteiger partial charge in [0.05, 0.1) is 11.5 Å². The van der Waals surface area contributed by atoms with Crippen LogP contribution in [0.5, 0.6) is 0 Å². The summed E-state index contributed by atoms with van der Waals surface area (Å²) in [5.41, 5.74) is 5.01. The lowest BCUT2D eigenvalue weighted by Gasteiger charge is -2.38. The number of primary amides is 1. The van der Waals surface area contributed by atoms with Gasteiger partial charge >= 0.3 is 0 Å². The number of hydrogen-bond acceptors (Lipinski definition) is 4. The van der Waals surface area contributed by atoms with Crippen molar-refractivity contribution in [3.63, 3.8) is 0 Å². The molecule has 1 aliphatic heterocycles. The molecule has 1 saturated heterocycles. The molecule has 2 unspecified atom stereocenters. The highest BCUT2D eigenvalue weighted by molar-refractivity contribution is 8.00. The molecule has 0 aliphatic carbocycles. The Morgan fingerprint density at radius 1 is 1.44 bits per heavy atom. The Labute approximate surface area is 100 Å². The number of carbonyl (C=O) groups excluding carboxylic acids is 2. The Hall–Kier alpha value is -0.750. The van der Waals surface area contributed by atoms with E-state index >= 15 is 0 Å². The summed E-state index contributed by atoms with van der Waals surface area (Å²) in [6.07, 6.45) is 0. The Balaban J connectivity index is 2.37. The second-order valence-corrected chi connectivity index (χ2v) is 5.02. The summed E-state index contributed by atoms with van der Waals surface area (Å²) < 4.78 is 0. The first-order valence-electron chi connectivity index (χ1n) is 5.41. The second-order valence-electron chi connectivity index (χ2n) is 4.03. The third-order valence-electron chi connectivity index (χ3n) is 2.82. The van der Waals surface area contributed by atoms with Crippen molar-refractivity contribution in [3.8, 4) is 0 Å². The standard InChI is InChI=1S/C10H19N3O2S/c1-7-8(2)13(4-3-12-7)10(15)6-16-5-9(11)14/h7-8,12H,3-6H2,1-2H3,(H2,11,14). The predicted molar refractivity (Wildman–Crippen MR) is 65.2 cm³/mol. The molecule has 0 aromatic heterocycles. The smallest absolute Gasteiger partial charge is 0.232 e. The number of nitrogens with two attached hydrogens (primary N) is 1. The summed E-state index contributed by atoms with van der Waals surface area (Å²) in [5, 5.41) is 3.32. The van der Waals surface area contributed by atoms with Gasteiger partial charge in [-0.05, 0) is 13.8 Å². The van der Waals surface area contributed by atoms with E-state index in [2.05, 4.69) is 12.2 Å². The van der Waals surface area contributed by atoms with E-state index in [1.165, 1.54) is 11.8 Å². The fourth-order valence-electron chi connectivity index (χ4n) is 1.73. The minimum Gasteiger partial charge on any atom is -0.369 e. The monoisotopic (exact) mass is 245 g/mol. The second kappa shape index (κ2) is 6.10. The molecule has 16 heavy (non-hydrogen) atoms. The Kier molecular flexibility index (Phi) is 5.08. The molecule has 1 rings (SSSR count). The first-order chi connectivity index (χ1) is 7.52. The largest absolute Gasteiger partial charge is 0.369 e. The zero-order valence-electron chi connectivity index (χ0n) is 9.73. The van der Waals surface area contributed by atoms with Gasteiger partial charge in [0.15, 0.2) is 0 Å². The fraction of sp³-hybridized carbons (Fsp3) is 0.800. The number of piperazine rings is 1. The van der Waals surface area contributed by atoms with Crippen molar-refractivity contribution >= 4 is 23.6 Å². The number of rotatable bonds is 4. The Morgan fingerprint density at radius 2 is 2.12 bits per heavy atom. The molecule has 0 spiro atoms. The summed E-state index contributed by atoms with van der Waals surface area (Å²) in [6, 6.07) is 0.522. The van der Waals surface area contributed by atoms with Crippen LogP contribution in [0.3, 0.4) is 0 Å². The van der Waals surface area contributed by atoms with Crippen molar-refractivity contribution in [2.45, 2.75) is 25.9 Å². The van der Waals surface area contributed by atoms with E-state index in [1.807, 2.05) is 11.8 Å². The minimum atomic E-state index is -0.375. The van der Waals surface area contributed by atoms with E-state index in [1.54, 1.807) is 0 Å². The summed E-state index contributed by atoms with van der Waals surface area (Å²) >= 11 is 1.28. The van der Waals surface area contributed by atoms with Crippen LogP contribution in [0.4, 0.5) is 0 Å². The molecule has 0 aromatic rings. The first-order valence-corrected chi connectivity index (χ1v) is 6.56. The van der Waals surface area contributed by atoms with Crippen LogP contribution in [0.2, 0.25) is 0 Å². The average Bonchev–Trinajstić information content (AvgIpc) is 2.21. The molecule has 0 saturated carbocycles. The van der Waals surface area contributed by atoms with Gasteiger partial charge in [-0.25, -0.2) is 0 Å². The lowest BCUT2D eigenvalue weighted by molar-refractivity contribution is -0.131. The van der Waals surface area contributed by atoms with Crippen LogP contribution >= 0.6 is 11.8 Å². The third-order valence-corrected chi connectivity index (χ3v) is 3.76. The van der Waals surface area contributed by atoms with Crippen molar-refractivity contribution < 1.29 is 9.59 Å². The van der Waals surface area contributed by atoms with Gasteiger partial charge in [-0.15, -0.1) is 11.8 Å². The van der Waals surface area contributed by atoms with Crippen LogP contribution in [-0.2, 0) is 9.59 Å². The maximum atomic E-state index is 11.9. The lowest BCUT2D eigenvalue weighted by Crippen LogP contribution is -2.57. The molecule has 0 radical (unpaired) electrons. The fourth-order valence-corrected chi connectivity index (χ4v) is 2.37. The SMILES string of the molecule is CC1NCCN(C(=O)CSCC(N)=O)C1C. The van der Waals surface area contributed by atoms with Gasteiger partial charge in [0, 0.05) is 25.2 Å². The number of thioether (sulfide) groups is 1. The number of nitrogens with one attached hydrogen (secondary N) is 1. The van der Waals surface area contributed by atoms with E-state index < -0.39 is 0 Å². The van der Waals surface area contributed by atoms with Crippen LogP contribution < -0.4 is 11.1 Å². The van der Waals surface area contributed by atoms with E-state index in [9.17, 15) is 9.59 Å². The quantitative estimate of drug-likeness (QED) is 0.694. The molecule has 0 bridgehead atoms. The molecule has 3 N–H and O–H groups in total. The topological polar surface area (TPSA) is 75.4 Å². The van der Waals surface area contributed by atoms with Crippen LogP contribution in [0.1, 0.15) is 13.8 Å². The van der Waals surface area contributed by atoms with Crippen LogP contribution in [0, 0.1) is 0 Å². The first kappa shape index (κ1) is 13.3. The molecule has 6 heteroatoms. The normalized spacial score (nSPS) is 25.5. The van der Waals surface area contributed by atoms with Gasteiger partial charge < -0.3 is 16.0 Å². The van der Waals surface area contributed by atoms with Gasteiger partial charge in [-0.1, -0.05) is 0 Å². The van der Waals surface area contributed by atoms with Crippen molar-refractivity contribution in [2.75, 3.05) is 24.6 Å². The number of nitrogens with zero attached hydrogens (tertiary/aromatic N) is 1. The molecule has 2 amide bonds. The van der Waals surface area contributed by atoms with Gasteiger partial charge in [-0.3, -0.25) is 9.59 Å². The summed E-state index contributed by atoms with van der Waals surface area (Å²) in [4.78, 5) is 24.3. The highest BCUT2D eigenvalue weighted by Crippen LogP contribution is 2.11. The van der Waals surface area contributed by atoms with Crippen molar-refractivity contribution in [3.05, 3.63) is 0 Å². The molecule has 0 aromatic carbocycles. The molecule has 1 heterocycles. The summed E-state index contributed by atoms with van der Waals surface area (Å²) in [5.74, 6) is 0.258. The lowest BCUT2D eigenvalue weighted by atomic mass is 10.1. The molecule has 1 aliphatic rings. The van der Waals surface area contributed by atoms with E-state index in [0.717, 1.165) is 13.1 Å². The molecule has 5 nitrogen and oxygen atoms in total. The summed E-state index contributed by atoms with van der Waals surface area (Å²) in [6.45, 7) is 5.67. The zero-order chi connectivity index (χ0) is 12.1. The van der Waals surface area contributed by atoms with Gasteiger partial charge in [0.1, 0.15) is 0 Å². The highest BCUT2D eigenvalue weighted by atomic mass is 32.2. The average molecular weight is 245 g/mol. The summed E-state index contributed by atoms with van der Waals surface area (Å²) in [7, 11) is 0. The number of amides is 2. The number of hydrogen-bond donors (Lipinski definition) is 2. The van der Waals surface area contributed by atoms with Crippen molar-refractivity contribution in [2.24, 2.45) is 5.73 Å². The maximum absolute atomic E-state index is 11.9. The van der Waals surface area contributed by atoms with Gasteiger partial charge in [0.2, 0.25) is 11.8 Å². The highest BCUT2D eigenvalue weighted by Gasteiger charge is 2.27. The molecule has 2 atom stereocenters. The Morgan fingerprint density at radius 3 is 2.75 bits per heavy atom. The Bertz CT molecular complexity index is 273. The molecule has 1 fully saturated rings. The van der Waals surface area contributed by atoms with Crippen LogP contribution in [-0.4, -0.2) is 53.4 Å².